The topological polar surface area (TPSA) is 91.7 Å². The number of carbonyl (C=O) groups is 1. The molecule has 3 aromatic rings. The smallest absolute Gasteiger partial charge is 0.203 e. The number of Topliss-reactive ketones (excluding diaryl/α,β-unsaturated/α-hetero) is 1. The van der Waals surface area contributed by atoms with Crippen molar-refractivity contribution < 1.29 is 9.53 Å². The summed E-state index contributed by atoms with van der Waals surface area (Å²) < 4.78 is 6.76. The molecule has 142 valence electrons. The lowest BCUT2D eigenvalue weighted by Crippen LogP contribution is -2.02. The Labute approximate surface area is 168 Å². The van der Waals surface area contributed by atoms with Crippen molar-refractivity contribution in [2.45, 2.75) is 13.0 Å². The van der Waals surface area contributed by atoms with Crippen LogP contribution in [0.15, 0.2) is 66.4 Å². The molecule has 0 saturated carbocycles. The minimum absolute atomic E-state index is 0.00665. The molecule has 6 heteroatoms. The van der Waals surface area contributed by atoms with Crippen LogP contribution in [0.1, 0.15) is 22.3 Å². The Kier molecular flexibility index (Phi) is 6.19. The van der Waals surface area contributed by atoms with Crippen LogP contribution in [0.4, 0.5) is 0 Å². The van der Waals surface area contributed by atoms with Gasteiger partial charge in [0.05, 0.1) is 31.8 Å². The summed E-state index contributed by atoms with van der Waals surface area (Å²) in [4.78, 5) is 12.8. The van der Waals surface area contributed by atoms with E-state index in [4.69, 9.17) is 10.00 Å². The van der Waals surface area contributed by atoms with E-state index >= 15 is 0 Å². The van der Waals surface area contributed by atoms with Gasteiger partial charge in [-0.15, -0.1) is 0 Å². The van der Waals surface area contributed by atoms with Gasteiger partial charge in [-0.1, -0.05) is 30.3 Å². The van der Waals surface area contributed by atoms with Crippen molar-refractivity contribution in [2.75, 3.05) is 7.11 Å². The van der Waals surface area contributed by atoms with Crippen LogP contribution in [-0.4, -0.2) is 22.7 Å². The molecule has 0 aliphatic carbocycles. The van der Waals surface area contributed by atoms with E-state index in [9.17, 15) is 10.1 Å². The highest BCUT2D eigenvalue weighted by Crippen LogP contribution is 2.25. The van der Waals surface area contributed by atoms with Gasteiger partial charge < -0.3 is 4.74 Å². The highest BCUT2D eigenvalue weighted by molar-refractivity contribution is 6.14. The number of hydrogen-bond donors (Lipinski definition) is 0. The van der Waals surface area contributed by atoms with Crippen molar-refractivity contribution in [3.8, 4) is 29.1 Å². The molecular weight excluding hydrogens is 364 g/mol. The third-order valence-electron chi connectivity index (χ3n) is 4.31. The van der Waals surface area contributed by atoms with E-state index in [-0.39, 0.29) is 11.4 Å². The Morgan fingerprint density at radius 1 is 1.14 bits per heavy atom. The van der Waals surface area contributed by atoms with Gasteiger partial charge in [-0.25, -0.2) is 0 Å². The SMILES string of the molecule is COc1ccc(C(=O)/C(C#N)=C/c2cn(CCC#N)nc2-c2ccccc2)cc1. The van der Waals surface area contributed by atoms with Gasteiger partial charge in [-0.3, -0.25) is 9.48 Å². The van der Waals surface area contributed by atoms with Crippen molar-refractivity contribution in [2.24, 2.45) is 0 Å². The van der Waals surface area contributed by atoms with E-state index in [0.717, 1.165) is 5.56 Å². The molecule has 0 atom stereocenters. The molecule has 0 radical (unpaired) electrons. The Balaban J connectivity index is 2.01. The molecular formula is C23H18N4O2. The third-order valence-corrected chi connectivity index (χ3v) is 4.31. The fraction of sp³-hybridized carbons (Fsp3) is 0.130. The maximum atomic E-state index is 12.8. The number of aromatic nitrogens is 2. The zero-order valence-corrected chi connectivity index (χ0v) is 15.9. The number of allylic oxidation sites excluding steroid dienone is 1. The molecule has 0 N–H and O–H groups in total. The molecule has 0 bridgehead atoms. The number of rotatable bonds is 7. The van der Waals surface area contributed by atoms with E-state index in [0.29, 0.717) is 35.5 Å². The van der Waals surface area contributed by atoms with Crippen LogP contribution >= 0.6 is 0 Å². The van der Waals surface area contributed by atoms with Crippen LogP contribution in [0.2, 0.25) is 0 Å². The van der Waals surface area contributed by atoms with Crippen molar-refractivity contribution in [3.63, 3.8) is 0 Å². The van der Waals surface area contributed by atoms with Gasteiger partial charge in [0.25, 0.3) is 0 Å². The highest BCUT2D eigenvalue weighted by Gasteiger charge is 2.16. The van der Waals surface area contributed by atoms with E-state index in [1.807, 2.05) is 36.4 Å². The number of methoxy groups -OCH3 is 1. The summed E-state index contributed by atoms with van der Waals surface area (Å²) in [5, 5.41) is 23.0. The Morgan fingerprint density at radius 2 is 1.86 bits per heavy atom. The van der Waals surface area contributed by atoms with Gasteiger partial charge in [-0.05, 0) is 30.3 Å². The molecule has 1 aromatic heterocycles. The van der Waals surface area contributed by atoms with Crippen molar-refractivity contribution in [3.05, 3.63) is 77.5 Å². The molecule has 1 heterocycles. The third kappa shape index (κ3) is 4.58. The molecule has 6 nitrogen and oxygen atoms in total. The second kappa shape index (κ2) is 9.16. The molecule has 0 aliphatic rings. The summed E-state index contributed by atoms with van der Waals surface area (Å²) in [6.45, 7) is 0.429. The first kappa shape index (κ1) is 19.6. The molecule has 0 fully saturated rings. The average molecular weight is 382 g/mol. The standard InChI is InChI=1S/C23H18N4O2/c1-29-21-10-8-18(9-11-21)23(28)19(15-25)14-20-16-27(13-5-12-24)26-22(20)17-6-3-2-4-7-17/h2-4,6-11,14,16H,5,13H2,1H3/b19-14+. The van der Waals surface area contributed by atoms with E-state index in [1.165, 1.54) is 0 Å². The summed E-state index contributed by atoms with van der Waals surface area (Å²) in [6.07, 6.45) is 3.61. The van der Waals surface area contributed by atoms with Gasteiger partial charge in [0, 0.05) is 22.9 Å². The second-order valence-corrected chi connectivity index (χ2v) is 6.20. The minimum Gasteiger partial charge on any atom is -0.497 e. The van der Waals surface area contributed by atoms with E-state index in [2.05, 4.69) is 11.2 Å². The lowest BCUT2D eigenvalue weighted by Gasteiger charge is -2.03. The van der Waals surface area contributed by atoms with Crippen LogP contribution < -0.4 is 4.74 Å². The van der Waals surface area contributed by atoms with Crippen molar-refractivity contribution >= 4 is 11.9 Å². The fourth-order valence-corrected chi connectivity index (χ4v) is 2.84. The number of benzene rings is 2. The Hall–Kier alpha value is -4.16. The lowest BCUT2D eigenvalue weighted by molar-refractivity contribution is 0.104. The largest absolute Gasteiger partial charge is 0.497 e. The molecule has 0 unspecified atom stereocenters. The van der Waals surface area contributed by atoms with Gasteiger partial charge in [0.1, 0.15) is 17.4 Å². The Bertz CT molecular complexity index is 1110. The number of aryl methyl sites for hydroxylation is 1. The van der Waals surface area contributed by atoms with Crippen LogP contribution in [0, 0.1) is 22.7 Å². The number of ketones is 1. The number of ether oxygens (including phenoxy) is 1. The molecule has 0 saturated heterocycles. The summed E-state index contributed by atoms with van der Waals surface area (Å²) >= 11 is 0. The number of nitriles is 2. The molecule has 0 amide bonds. The molecule has 0 spiro atoms. The zero-order valence-electron chi connectivity index (χ0n) is 15.9. The molecule has 29 heavy (non-hydrogen) atoms. The second-order valence-electron chi connectivity index (χ2n) is 6.20. The maximum absolute atomic E-state index is 12.8. The van der Waals surface area contributed by atoms with Crippen molar-refractivity contribution in [1.82, 2.24) is 9.78 Å². The minimum atomic E-state index is -0.376. The number of hydrogen-bond acceptors (Lipinski definition) is 5. The summed E-state index contributed by atoms with van der Waals surface area (Å²) in [7, 11) is 1.55. The van der Waals surface area contributed by atoms with Gasteiger partial charge in [0.2, 0.25) is 5.78 Å². The van der Waals surface area contributed by atoms with Crippen LogP contribution in [0.25, 0.3) is 17.3 Å². The van der Waals surface area contributed by atoms with Crippen LogP contribution in [0.5, 0.6) is 5.75 Å². The van der Waals surface area contributed by atoms with Gasteiger partial charge in [0.15, 0.2) is 0 Å². The van der Waals surface area contributed by atoms with Crippen LogP contribution in [0.3, 0.4) is 0 Å². The van der Waals surface area contributed by atoms with E-state index in [1.54, 1.807) is 48.3 Å². The van der Waals surface area contributed by atoms with E-state index < -0.39 is 0 Å². The molecule has 3 rings (SSSR count). The Morgan fingerprint density at radius 3 is 2.48 bits per heavy atom. The van der Waals surface area contributed by atoms with Crippen molar-refractivity contribution in [1.29, 1.82) is 10.5 Å². The van der Waals surface area contributed by atoms with Gasteiger partial charge >= 0.3 is 0 Å². The normalized spacial score (nSPS) is 10.8. The number of carbonyl (C=O) groups excluding carboxylic acids is 1. The van der Waals surface area contributed by atoms with Crippen LogP contribution in [-0.2, 0) is 6.54 Å². The lowest BCUT2D eigenvalue weighted by atomic mass is 10.0. The predicted octanol–water partition coefficient (Wildman–Crippen LogP) is 4.26. The predicted molar refractivity (Wildman–Crippen MR) is 109 cm³/mol. The van der Waals surface area contributed by atoms with Gasteiger partial charge in [-0.2, -0.15) is 15.6 Å². The molecule has 2 aromatic carbocycles. The number of nitrogens with zero attached hydrogens (tertiary/aromatic N) is 4. The zero-order chi connectivity index (χ0) is 20.6. The maximum Gasteiger partial charge on any atom is 0.203 e. The molecule has 0 aliphatic heterocycles. The quantitative estimate of drug-likeness (QED) is 0.346. The first-order valence-corrected chi connectivity index (χ1v) is 8.96. The fourth-order valence-electron chi connectivity index (χ4n) is 2.84. The average Bonchev–Trinajstić information content (AvgIpc) is 3.19. The summed E-state index contributed by atoms with van der Waals surface area (Å²) in [6, 6.07) is 20.2. The highest BCUT2D eigenvalue weighted by atomic mass is 16.5. The summed E-state index contributed by atoms with van der Waals surface area (Å²) in [5.74, 6) is 0.258. The summed E-state index contributed by atoms with van der Waals surface area (Å²) in [5.41, 5.74) is 2.57. The monoisotopic (exact) mass is 382 g/mol. The first-order chi connectivity index (χ1) is 14.2. The first-order valence-electron chi connectivity index (χ1n) is 8.96.